The molecule has 0 spiro atoms. The van der Waals surface area contributed by atoms with Gasteiger partial charge in [0, 0.05) is 7.11 Å². The van der Waals surface area contributed by atoms with Crippen LogP contribution in [0.3, 0.4) is 0 Å². The van der Waals surface area contributed by atoms with E-state index in [0.717, 1.165) is 5.56 Å². The van der Waals surface area contributed by atoms with Gasteiger partial charge in [-0.1, -0.05) is 30.3 Å². The van der Waals surface area contributed by atoms with Crippen LogP contribution in [0.25, 0.3) is 0 Å². The first-order chi connectivity index (χ1) is 6.79. The molecule has 2 atom stereocenters. The lowest BCUT2D eigenvalue weighted by Gasteiger charge is -2.18. The minimum absolute atomic E-state index is 0.0000926. The predicted octanol–water partition coefficient (Wildman–Crippen LogP) is 2.87. The monoisotopic (exact) mass is 207 g/mol. The molecule has 0 fully saturated rings. The van der Waals surface area contributed by atoms with Crippen LogP contribution in [0.5, 0.6) is 0 Å². The fourth-order valence-electron chi connectivity index (χ4n) is 1.41. The van der Waals surface area contributed by atoms with Gasteiger partial charge in [-0.25, -0.2) is 4.99 Å². The van der Waals surface area contributed by atoms with Crippen molar-refractivity contribution >= 4 is 17.4 Å². The van der Waals surface area contributed by atoms with E-state index in [2.05, 4.69) is 22.4 Å². The van der Waals surface area contributed by atoms with Crippen molar-refractivity contribution in [3.05, 3.63) is 35.9 Å². The van der Waals surface area contributed by atoms with Gasteiger partial charge in [0.05, 0.1) is 11.2 Å². The molecule has 2 nitrogen and oxygen atoms in total. The summed E-state index contributed by atoms with van der Waals surface area (Å²) in [6, 6.07) is 9.97. The maximum Gasteiger partial charge on any atom is 0.105 e. The number of hydrogen-bond donors (Lipinski definition) is 0. The van der Waals surface area contributed by atoms with Crippen molar-refractivity contribution in [2.75, 3.05) is 7.11 Å². The van der Waals surface area contributed by atoms with E-state index < -0.39 is 0 Å². The SMILES string of the molecule is CO[C@H](c1ccccc1)[C@H](C)N=C=S. The largest absolute Gasteiger partial charge is 0.375 e. The van der Waals surface area contributed by atoms with E-state index >= 15 is 0 Å². The zero-order chi connectivity index (χ0) is 10.4. The molecule has 0 radical (unpaired) electrons. The van der Waals surface area contributed by atoms with E-state index in [-0.39, 0.29) is 12.1 Å². The average molecular weight is 207 g/mol. The summed E-state index contributed by atoms with van der Waals surface area (Å²) in [4.78, 5) is 4.01. The molecule has 0 amide bonds. The van der Waals surface area contributed by atoms with Crippen LogP contribution in [0.4, 0.5) is 0 Å². The molecule has 1 rings (SSSR count). The molecule has 0 aromatic heterocycles. The third-order valence-electron chi connectivity index (χ3n) is 2.08. The van der Waals surface area contributed by atoms with Crippen LogP contribution in [0.15, 0.2) is 35.3 Å². The molecule has 0 N–H and O–H groups in total. The van der Waals surface area contributed by atoms with Gasteiger partial charge in [0.15, 0.2) is 0 Å². The zero-order valence-corrected chi connectivity index (χ0v) is 9.12. The van der Waals surface area contributed by atoms with Crippen molar-refractivity contribution in [1.29, 1.82) is 0 Å². The third-order valence-corrected chi connectivity index (χ3v) is 2.18. The van der Waals surface area contributed by atoms with Gasteiger partial charge in [-0.2, -0.15) is 0 Å². The Labute approximate surface area is 89.6 Å². The van der Waals surface area contributed by atoms with E-state index in [1.54, 1.807) is 7.11 Å². The molecule has 1 aromatic carbocycles. The molecule has 0 heterocycles. The minimum atomic E-state index is -0.0494. The summed E-state index contributed by atoms with van der Waals surface area (Å²) < 4.78 is 5.37. The summed E-state index contributed by atoms with van der Waals surface area (Å²) in [6.07, 6.45) is -0.0494. The molecule has 0 bridgehead atoms. The molecule has 0 aliphatic heterocycles. The average Bonchev–Trinajstić information content (AvgIpc) is 2.21. The Bertz CT molecular complexity index is 319. The van der Waals surface area contributed by atoms with E-state index in [1.165, 1.54) is 0 Å². The van der Waals surface area contributed by atoms with Gasteiger partial charge in [-0.3, -0.25) is 0 Å². The molecule has 3 heteroatoms. The van der Waals surface area contributed by atoms with Crippen LogP contribution in [-0.2, 0) is 4.74 Å². The summed E-state index contributed by atoms with van der Waals surface area (Å²) in [5.74, 6) is 0. The highest BCUT2D eigenvalue weighted by molar-refractivity contribution is 7.78. The Kier molecular flexibility index (Phi) is 4.47. The maximum atomic E-state index is 5.37. The molecular formula is C11H13NOS. The number of thiocarbonyl (C=S) groups is 1. The Morgan fingerprint density at radius 2 is 2.00 bits per heavy atom. The summed E-state index contributed by atoms with van der Waals surface area (Å²) >= 11 is 4.57. The van der Waals surface area contributed by atoms with Crippen molar-refractivity contribution < 1.29 is 4.74 Å². The van der Waals surface area contributed by atoms with Crippen molar-refractivity contribution in [2.24, 2.45) is 4.99 Å². The lowest BCUT2D eigenvalue weighted by molar-refractivity contribution is 0.0863. The first-order valence-electron chi connectivity index (χ1n) is 4.44. The zero-order valence-electron chi connectivity index (χ0n) is 8.31. The Balaban J connectivity index is 2.87. The number of methoxy groups -OCH3 is 1. The van der Waals surface area contributed by atoms with Gasteiger partial charge in [0.2, 0.25) is 0 Å². The van der Waals surface area contributed by atoms with Crippen LogP contribution in [0.2, 0.25) is 0 Å². The molecule has 0 aliphatic carbocycles. The van der Waals surface area contributed by atoms with E-state index in [0.29, 0.717) is 0 Å². The molecule has 0 saturated heterocycles. The van der Waals surface area contributed by atoms with Crippen LogP contribution < -0.4 is 0 Å². The molecular weight excluding hydrogens is 194 g/mol. The fraction of sp³-hybridized carbons (Fsp3) is 0.364. The molecule has 0 aliphatic rings. The number of isothiocyanates is 1. The highest BCUT2D eigenvalue weighted by atomic mass is 32.1. The smallest absolute Gasteiger partial charge is 0.105 e. The Hall–Kier alpha value is -1.02. The number of benzene rings is 1. The topological polar surface area (TPSA) is 21.6 Å². The minimum Gasteiger partial charge on any atom is -0.375 e. The second kappa shape index (κ2) is 5.66. The van der Waals surface area contributed by atoms with Crippen LogP contribution in [-0.4, -0.2) is 18.3 Å². The normalized spacial score (nSPS) is 14.1. The number of nitrogens with zero attached hydrogens (tertiary/aromatic N) is 1. The number of hydrogen-bond acceptors (Lipinski definition) is 3. The van der Waals surface area contributed by atoms with Gasteiger partial charge in [0.25, 0.3) is 0 Å². The Morgan fingerprint density at radius 1 is 1.36 bits per heavy atom. The number of rotatable bonds is 4. The lowest BCUT2D eigenvalue weighted by atomic mass is 10.0. The van der Waals surface area contributed by atoms with Gasteiger partial charge in [-0.15, -0.1) is 0 Å². The van der Waals surface area contributed by atoms with Crippen molar-refractivity contribution in [3.8, 4) is 0 Å². The first-order valence-corrected chi connectivity index (χ1v) is 4.85. The first kappa shape index (κ1) is 11.1. The summed E-state index contributed by atoms with van der Waals surface area (Å²) in [7, 11) is 1.67. The van der Waals surface area contributed by atoms with Crippen LogP contribution in [0.1, 0.15) is 18.6 Å². The highest BCUT2D eigenvalue weighted by Crippen LogP contribution is 2.21. The second-order valence-corrected chi connectivity index (χ2v) is 3.21. The number of aliphatic imine (C=N–C) groups is 1. The lowest BCUT2D eigenvalue weighted by Crippen LogP contribution is -2.14. The second-order valence-electron chi connectivity index (χ2n) is 3.03. The quantitative estimate of drug-likeness (QED) is 0.559. The van der Waals surface area contributed by atoms with Gasteiger partial charge in [0.1, 0.15) is 6.10 Å². The third kappa shape index (κ3) is 2.74. The molecule has 0 unspecified atom stereocenters. The maximum absolute atomic E-state index is 5.37. The van der Waals surface area contributed by atoms with Crippen LogP contribution >= 0.6 is 12.2 Å². The standard InChI is InChI=1S/C11H13NOS/c1-9(12-8-14)11(13-2)10-6-4-3-5-7-10/h3-7,9,11H,1-2H3/t9-,11-/m0/s1. The van der Waals surface area contributed by atoms with E-state index in [1.807, 2.05) is 37.3 Å². The van der Waals surface area contributed by atoms with Crippen LogP contribution in [0, 0.1) is 0 Å². The fourth-order valence-corrected chi connectivity index (χ4v) is 1.57. The Morgan fingerprint density at radius 3 is 2.50 bits per heavy atom. The molecule has 0 saturated carbocycles. The summed E-state index contributed by atoms with van der Waals surface area (Å²) in [5, 5.41) is 2.38. The molecule has 1 aromatic rings. The molecule has 14 heavy (non-hydrogen) atoms. The summed E-state index contributed by atoms with van der Waals surface area (Å²) in [6.45, 7) is 1.96. The van der Waals surface area contributed by atoms with Gasteiger partial charge < -0.3 is 4.74 Å². The van der Waals surface area contributed by atoms with Gasteiger partial charge >= 0.3 is 0 Å². The van der Waals surface area contributed by atoms with E-state index in [4.69, 9.17) is 4.74 Å². The van der Waals surface area contributed by atoms with Crippen molar-refractivity contribution in [1.82, 2.24) is 0 Å². The van der Waals surface area contributed by atoms with Crippen molar-refractivity contribution in [2.45, 2.75) is 19.1 Å². The highest BCUT2D eigenvalue weighted by Gasteiger charge is 2.17. The van der Waals surface area contributed by atoms with E-state index in [9.17, 15) is 0 Å². The van der Waals surface area contributed by atoms with Crippen molar-refractivity contribution in [3.63, 3.8) is 0 Å². The summed E-state index contributed by atoms with van der Waals surface area (Å²) in [5.41, 5.74) is 1.11. The number of ether oxygens (including phenoxy) is 1. The van der Waals surface area contributed by atoms with Gasteiger partial charge in [-0.05, 0) is 24.7 Å². The molecule has 74 valence electrons. The predicted molar refractivity (Wildman–Crippen MR) is 60.7 cm³/mol.